The molecule has 0 saturated carbocycles. The second-order valence-corrected chi connectivity index (χ2v) is 7.21. The highest BCUT2D eigenvalue weighted by Gasteiger charge is 2.17. The monoisotopic (exact) mass is 478 g/mol. The zero-order valence-corrected chi connectivity index (χ0v) is 20.0. The average Bonchev–Trinajstić information content (AvgIpc) is 2.82. The molecule has 1 aromatic heterocycles. The molecule has 3 rings (SSSR count). The smallest absolute Gasteiger partial charge is 0.225 e. The van der Waals surface area contributed by atoms with Gasteiger partial charge in [0.25, 0.3) is 0 Å². The van der Waals surface area contributed by atoms with E-state index in [4.69, 9.17) is 14.5 Å². The molecule has 1 unspecified atom stereocenters. The Bertz CT molecular complexity index is 1080. The zero-order valence-electron chi connectivity index (χ0n) is 19.2. The van der Waals surface area contributed by atoms with Gasteiger partial charge in [0.15, 0.2) is 11.5 Å². The standard InChI is InChI=1S/C23H30N4O5.ClH/c1-5-27(6-2)22-16-10-20(31-3)21(32-4)11-17(16)25-23(26-22)24-12-19(30)14-7-8-18(29)15(9-14)13-28;/h7-11,19,28-30H,5-6,12-13H2,1-4H3,(H,24,25,26);1H. The van der Waals surface area contributed by atoms with Gasteiger partial charge in [0.05, 0.1) is 32.4 Å². The first-order valence-electron chi connectivity index (χ1n) is 10.5. The predicted octanol–water partition coefficient (Wildman–Crippen LogP) is 3.26. The van der Waals surface area contributed by atoms with Gasteiger partial charge in [-0.15, -0.1) is 12.4 Å². The number of methoxy groups -OCH3 is 2. The van der Waals surface area contributed by atoms with Crippen molar-refractivity contribution in [3.8, 4) is 17.2 Å². The maximum absolute atomic E-state index is 10.6. The van der Waals surface area contributed by atoms with E-state index >= 15 is 0 Å². The van der Waals surface area contributed by atoms with Gasteiger partial charge in [0.2, 0.25) is 5.95 Å². The normalized spacial score (nSPS) is 11.6. The van der Waals surface area contributed by atoms with Crippen LogP contribution in [0.25, 0.3) is 10.9 Å². The summed E-state index contributed by atoms with van der Waals surface area (Å²) in [5, 5.41) is 33.6. The van der Waals surface area contributed by atoms with E-state index in [0.717, 1.165) is 24.3 Å². The van der Waals surface area contributed by atoms with Crippen molar-refractivity contribution in [3.63, 3.8) is 0 Å². The minimum atomic E-state index is -0.887. The highest BCUT2D eigenvalue weighted by Crippen LogP contribution is 2.36. The zero-order chi connectivity index (χ0) is 23.3. The van der Waals surface area contributed by atoms with E-state index < -0.39 is 6.10 Å². The molecule has 33 heavy (non-hydrogen) atoms. The van der Waals surface area contributed by atoms with Crippen molar-refractivity contribution in [1.82, 2.24) is 9.97 Å². The molecule has 1 atom stereocenters. The lowest BCUT2D eigenvalue weighted by molar-refractivity contribution is 0.191. The largest absolute Gasteiger partial charge is 0.508 e. The lowest BCUT2D eigenvalue weighted by atomic mass is 10.1. The quantitative estimate of drug-likeness (QED) is 0.348. The van der Waals surface area contributed by atoms with Gasteiger partial charge >= 0.3 is 0 Å². The van der Waals surface area contributed by atoms with Crippen LogP contribution in [0.4, 0.5) is 11.8 Å². The number of anilines is 2. The van der Waals surface area contributed by atoms with E-state index in [1.54, 1.807) is 32.4 Å². The highest BCUT2D eigenvalue weighted by molar-refractivity contribution is 5.93. The summed E-state index contributed by atoms with van der Waals surface area (Å²) in [7, 11) is 3.16. The lowest BCUT2D eigenvalue weighted by Crippen LogP contribution is -2.24. The molecule has 3 aromatic rings. The number of benzene rings is 2. The third kappa shape index (κ3) is 5.68. The first-order chi connectivity index (χ1) is 15.4. The number of rotatable bonds is 10. The fraction of sp³-hybridized carbons (Fsp3) is 0.391. The van der Waals surface area contributed by atoms with Crippen molar-refractivity contribution < 1.29 is 24.8 Å². The van der Waals surface area contributed by atoms with Crippen molar-refractivity contribution in [2.45, 2.75) is 26.6 Å². The van der Waals surface area contributed by atoms with E-state index in [1.165, 1.54) is 6.07 Å². The number of fused-ring (bicyclic) bond motifs is 1. The number of hydrogen-bond acceptors (Lipinski definition) is 9. The molecule has 0 radical (unpaired) electrons. The Kier molecular flexibility index (Phi) is 9.33. The SMILES string of the molecule is CCN(CC)c1nc(NCC(O)c2ccc(O)c(CO)c2)nc2cc(OC)c(OC)cc12.Cl. The third-order valence-corrected chi connectivity index (χ3v) is 5.36. The number of nitrogens with one attached hydrogen (secondary N) is 1. The average molecular weight is 479 g/mol. The number of aliphatic hydroxyl groups excluding tert-OH is 2. The molecule has 0 spiro atoms. The van der Waals surface area contributed by atoms with Crippen LogP contribution in [0.3, 0.4) is 0 Å². The topological polar surface area (TPSA) is 120 Å². The van der Waals surface area contributed by atoms with E-state index in [-0.39, 0.29) is 31.3 Å². The summed E-state index contributed by atoms with van der Waals surface area (Å²) in [5.41, 5.74) is 1.60. The summed E-state index contributed by atoms with van der Waals surface area (Å²) in [6, 6.07) is 8.31. The molecule has 0 saturated heterocycles. The first-order valence-corrected chi connectivity index (χ1v) is 10.5. The van der Waals surface area contributed by atoms with Crippen LogP contribution < -0.4 is 19.7 Å². The Hall–Kier alpha value is -3.01. The number of phenols is 1. The van der Waals surface area contributed by atoms with Crippen molar-refractivity contribution in [2.75, 3.05) is 44.1 Å². The van der Waals surface area contributed by atoms with Gasteiger partial charge in [-0.2, -0.15) is 4.98 Å². The van der Waals surface area contributed by atoms with Gasteiger partial charge in [-0.3, -0.25) is 0 Å². The lowest BCUT2D eigenvalue weighted by Gasteiger charge is -2.23. The van der Waals surface area contributed by atoms with Gasteiger partial charge in [0.1, 0.15) is 11.6 Å². The number of halogens is 1. The fourth-order valence-corrected chi connectivity index (χ4v) is 3.53. The number of hydrogen-bond donors (Lipinski definition) is 4. The van der Waals surface area contributed by atoms with E-state index in [2.05, 4.69) is 29.0 Å². The Labute approximate surface area is 199 Å². The van der Waals surface area contributed by atoms with Crippen LogP contribution in [0.2, 0.25) is 0 Å². The van der Waals surface area contributed by atoms with Gasteiger partial charge in [0, 0.05) is 36.7 Å². The molecule has 180 valence electrons. The minimum absolute atomic E-state index is 0. The molecule has 0 fully saturated rings. The second-order valence-electron chi connectivity index (χ2n) is 7.21. The summed E-state index contributed by atoms with van der Waals surface area (Å²) in [6.07, 6.45) is -0.887. The van der Waals surface area contributed by atoms with Crippen molar-refractivity contribution in [2.24, 2.45) is 0 Å². The molecule has 9 nitrogen and oxygen atoms in total. The highest BCUT2D eigenvalue weighted by atomic mass is 35.5. The Morgan fingerprint density at radius 2 is 1.70 bits per heavy atom. The summed E-state index contributed by atoms with van der Waals surface area (Å²) >= 11 is 0. The van der Waals surface area contributed by atoms with Crippen LogP contribution >= 0.6 is 12.4 Å². The molecule has 1 heterocycles. The van der Waals surface area contributed by atoms with Crippen LogP contribution in [0.5, 0.6) is 17.2 Å². The number of aromatic nitrogens is 2. The van der Waals surface area contributed by atoms with Crippen molar-refractivity contribution in [1.29, 1.82) is 0 Å². The van der Waals surface area contributed by atoms with Crippen LogP contribution in [0, 0.1) is 0 Å². The van der Waals surface area contributed by atoms with Crippen LogP contribution in [-0.2, 0) is 6.61 Å². The van der Waals surface area contributed by atoms with E-state index in [0.29, 0.717) is 34.1 Å². The predicted molar refractivity (Wildman–Crippen MR) is 131 cm³/mol. The van der Waals surface area contributed by atoms with Gasteiger partial charge in [-0.25, -0.2) is 4.98 Å². The summed E-state index contributed by atoms with van der Waals surface area (Å²) in [6.45, 7) is 5.46. The maximum atomic E-state index is 10.6. The second kappa shape index (κ2) is 11.7. The van der Waals surface area contributed by atoms with Crippen molar-refractivity contribution >= 4 is 35.1 Å². The molecule has 0 bridgehead atoms. The van der Waals surface area contributed by atoms with E-state index in [9.17, 15) is 15.3 Å². The van der Waals surface area contributed by atoms with E-state index in [1.807, 2.05) is 6.07 Å². The van der Waals surface area contributed by atoms with Crippen molar-refractivity contribution in [3.05, 3.63) is 41.5 Å². The molecule has 10 heteroatoms. The summed E-state index contributed by atoms with van der Waals surface area (Å²) in [4.78, 5) is 11.4. The summed E-state index contributed by atoms with van der Waals surface area (Å²) < 4.78 is 10.9. The molecule has 0 aliphatic rings. The van der Waals surface area contributed by atoms with Gasteiger partial charge in [-0.05, 0) is 37.6 Å². The molecule has 2 aromatic carbocycles. The van der Waals surface area contributed by atoms with Crippen LogP contribution in [-0.4, -0.2) is 59.1 Å². The number of aliphatic hydroxyl groups is 2. The minimum Gasteiger partial charge on any atom is -0.508 e. The molecule has 0 amide bonds. The Balaban J connectivity index is 0.00000385. The maximum Gasteiger partial charge on any atom is 0.225 e. The summed E-state index contributed by atoms with van der Waals surface area (Å²) in [5.74, 6) is 2.27. The number of nitrogens with zero attached hydrogens (tertiary/aromatic N) is 3. The molecule has 4 N–H and O–H groups in total. The van der Waals surface area contributed by atoms with Crippen LogP contribution in [0.1, 0.15) is 31.1 Å². The molecular formula is C23H31ClN4O5. The van der Waals surface area contributed by atoms with Gasteiger partial charge in [-0.1, -0.05) is 6.07 Å². The number of aromatic hydroxyl groups is 1. The number of ether oxygens (including phenoxy) is 2. The Morgan fingerprint density at radius 3 is 2.30 bits per heavy atom. The van der Waals surface area contributed by atoms with Gasteiger partial charge < -0.3 is 35.0 Å². The van der Waals surface area contributed by atoms with Crippen LogP contribution in [0.15, 0.2) is 30.3 Å². The molecule has 0 aliphatic carbocycles. The fourth-order valence-electron chi connectivity index (χ4n) is 3.53. The third-order valence-electron chi connectivity index (χ3n) is 5.36. The Morgan fingerprint density at radius 1 is 1.03 bits per heavy atom. The molecular weight excluding hydrogens is 448 g/mol. The molecule has 0 aliphatic heterocycles. The first kappa shape index (κ1) is 26.2.